The standard InChI is InChI=1S/C16H22FN5O2.C2H6/c17-12-3-5-13(6-4-12)19-20-15(23)14-2-1-9-22(14)16(24)21-10-7-18-8-11-21;1-2/h3-6,14,18-19H,1-2,7-11H2,(H,20,23);1-2H3. The summed E-state index contributed by atoms with van der Waals surface area (Å²) in [5, 5.41) is 3.21. The zero-order chi connectivity index (χ0) is 18.9. The first-order chi connectivity index (χ1) is 12.6. The summed E-state index contributed by atoms with van der Waals surface area (Å²) < 4.78 is 12.9. The first kappa shape index (κ1) is 20.0. The number of piperazine rings is 1. The van der Waals surface area contributed by atoms with Crippen LogP contribution in [0.1, 0.15) is 26.7 Å². The van der Waals surface area contributed by atoms with Gasteiger partial charge < -0.3 is 15.1 Å². The summed E-state index contributed by atoms with van der Waals surface area (Å²) in [6, 6.07) is 5.15. The Hall–Kier alpha value is -2.35. The van der Waals surface area contributed by atoms with Crippen LogP contribution in [-0.2, 0) is 4.79 Å². The molecule has 1 aromatic carbocycles. The Labute approximate surface area is 153 Å². The molecule has 7 nitrogen and oxygen atoms in total. The molecule has 1 aromatic rings. The zero-order valence-electron chi connectivity index (χ0n) is 15.4. The van der Waals surface area contributed by atoms with Crippen LogP contribution in [0.4, 0.5) is 14.9 Å². The summed E-state index contributed by atoms with van der Waals surface area (Å²) >= 11 is 0. The van der Waals surface area contributed by atoms with Gasteiger partial charge in [0.05, 0.1) is 5.69 Å². The Kier molecular flexibility index (Phi) is 7.65. The van der Waals surface area contributed by atoms with Crippen LogP contribution < -0.4 is 16.2 Å². The smallest absolute Gasteiger partial charge is 0.320 e. The second-order valence-electron chi connectivity index (χ2n) is 5.99. The first-order valence-corrected chi connectivity index (χ1v) is 9.23. The maximum absolute atomic E-state index is 12.9. The normalized spacial score (nSPS) is 19.4. The van der Waals surface area contributed by atoms with E-state index in [-0.39, 0.29) is 17.8 Å². The van der Waals surface area contributed by atoms with Crippen molar-refractivity contribution in [1.82, 2.24) is 20.5 Å². The molecule has 2 saturated heterocycles. The zero-order valence-corrected chi connectivity index (χ0v) is 15.4. The van der Waals surface area contributed by atoms with Crippen LogP contribution in [0.5, 0.6) is 0 Å². The maximum atomic E-state index is 12.9. The monoisotopic (exact) mass is 365 g/mol. The van der Waals surface area contributed by atoms with Crippen LogP contribution >= 0.6 is 0 Å². The number of nitrogens with zero attached hydrogens (tertiary/aromatic N) is 2. The predicted octanol–water partition coefficient (Wildman–Crippen LogP) is 1.78. The fraction of sp³-hybridized carbons (Fsp3) is 0.556. The average Bonchev–Trinajstić information content (AvgIpc) is 3.19. The second kappa shape index (κ2) is 9.96. The van der Waals surface area contributed by atoms with Crippen molar-refractivity contribution in [1.29, 1.82) is 0 Å². The minimum Gasteiger partial charge on any atom is -0.322 e. The molecule has 1 unspecified atom stereocenters. The number of amides is 3. The topological polar surface area (TPSA) is 76.7 Å². The lowest BCUT2D eigenvalue weighted by Gasteiger charge is -2.33. The lowest BCUT2D eigenvalue weighted by Crippen LogP contribution is -2.55. The van der Waals surface area contributed by atoms with E-state index in [4.69, 9.17) is 0 Å². The third kappa shape index (κ3) is 5.08. The molecule has 0 bridgehead atoms. The van der Waals surface area contributed by atoms with Crippen molar-refractivity contribution in [2.24, 2.45) is 0 Å². The van der Waals surface area contributed by atoms with Crippen molar-refractivity contribution in [3.63, 3.8) is 0 Å². The van der Waals surface area contributed by atoms with Crippen molar-refractivity contribution in [3.05, 3.63) is 30.1 Å². The summed E-state index contributed by atoms with van der Waals surface area (Å²) in [4.78, 5) is 28.5. The highest BCUT2D eigenvalue weighted by molar-refractivity contribution is 5.88. The maximum Gasteiger partial charge on any atom is 0.320 e. The number of benzene rings is 1. The number of hydrogen-bond acceptors (Lipinski definition) is 4. The van der Waals surface area contributed by atoms with E-state index in [1.807, 2.05) is 13.8 Å². The third-order valence-electron chi connectivity index (χ3n) is 4.36. The molecule has 26 heavy (non-hydrogen) atoms. The van der Waals surface area contributed by atoms with E-state index < -0.39 is 6.04 Å². The van der Waals surface area contributed by atoms with Crippen molar-refractivity contribution in [2.75, 3.05) is 38.1 Å². The van der Waals surface area contributed by atoms with Crippen molar-refractivity contribution in [2.45, 2.75) is 32.7 Å². The van der Waals surface area contributed by atoms with Gasteiger partial charge >= 0.3 is 6.03 Å². The highest BCUT2D eigenvalue weighted by atomic mass is 19.1. The van der Waals surface area contributed by atoms with E-state index in [0.29, 0.717) is 31.7 Å². The molecule has 8 heteroatoms. The summed E-state index contributed by atoms with van der Waals surface area (Å²) in [6.45, 7) is 7.48. The van der Waals surface area contributed by atoms with E-state index in [9.17, 15) is 14.0 Å². The first-order valence-electron chi connectivity index (χ1n) is 9.23. The number of rotatable bonds is 3. The number of hydrazine groups is 1. The van der Waals surface area contributed by atoms with Gasteiger partial charge in [0.1, 0.15) is 11.9 Å². The molecule has 0 spiro atoms. The Morgan fingerprint density at radius 1 is 1.12 bits per heavy atom. The molecule has 144 valence electrons. The third-order valence-corrected chi connectivity index (χ3v) is 4.36. The molecule has 0 radical (unpaired) electrons. The molecular weight excluding hydrogens is 337 g/mol. The highest BCUT2D eigenvalue weighted by Gasteiger charge is 2.36. The molecule has 0 aliphatic carbocycles. The van der Waals surface area contributed by atoms with Crippen LogP contribution in [0.15, 0.2) is 24.3 Å². The SMILES string of the molecule is CC.O=C(NNc1ccc(F)cc1)C1CCCN1C(=O)N1CCNCC1. The molecule has 2 aliphatic heterocycles. The van der Waals surface area contributed by atoms with Crippen LogP contribution in [0.3, 0.4) is 0 Å². The Morgan fingerprint density at radius 2 is 1.77 bits per heavy atom. The molecule has 3 N–H and O–H groups in total. The second-order valence-corrected chi connectivity index (χ2v) is 5.99. The van der Waals surface area contributed by atoms with E-state index in [1.165, 1.54) is 24.3 Å². The molecule has 3 amide bonds. The van der Waals surface area contributed by atoms with E-state index >= 15 is 0 Å². The number of likely N-dealkylation sites (tertiary alicyclic amines) is 1. The van der Waals surface area contributed by atoms with Gasteiger partial charge in [0, 0.05) is 32.7 Å². The number of urea groups is 1. The van der Waals surface area contributed by atoms with Crippen LogP contribution in [0, 0.1) is 5.82 Å². The van der Waals surface area contributed by atoms with E-state index in [1.54, 1.807) is 9.80 Å². The number of nitrogens with one attached hydrogen (secondary N) is 3. The summed E-state index contributed by atoms with van der Waals surface area (Å²) in [5.74, 6) is -0.587. The minimum absolute atomic E-state index is 0.0732. The number of hydrogen-bond donors (Lipinski definition) is 3. The van der Waals surface area contributed by atoms with Gasteiger partial charge in [-0.1, -0.05) is 13.8 Å². The molecular formula is C18H28FN5O2. The summed E-state index contributed by atoms with van der Waals surface area (Å²) in [5.41, 5.74) is 5.96. The Morgan fingerprint density at radius 3 is 2.42 bits per heavy atom. The van der Waals surface area contributed by atoms with Gasteiger partial charge in [-0.3, -0.25) is 15.6 Å². The molecule has 2 heterocycles. The Bertz CT molecular complexity index is 590. The van der Waals surface area contributed by atoms with E-state index in [0.717, 1.165) is 19.5 Å². The Balaban J connectivity index is 0.00000117. The minimum atomic E-state index is -0.472. The predicted molar refractivity (Wildman–Crippen MR) is 99.1 cm³/mol. The lowest BCUT2D eigenvalue weighted by atomic mass is 10.2. The van der Waals surface area contributed by atoms with Crippen molar-refractivity contribution in [3.8, 4) is 0 Å². The average molecular weight is 365 g/mol. The van der Waals surface area contributed by atoms with Crippen LogP contribution in [-0.4, -0.2) is 60.5 Å². The van der Waals surface area contributed by atoms with Crippen molar-refractivity contribution < 1.29 is 14.0 Å². The van der Waals surface area contributed by atoms with Gasteiger partial charge in [-0.25, -0.2) is 9.18 Å². The largest absolute Gasteiger partial charge is 0.322 e. The fourth-order valence-electron chi connectivity index (χ4n) is 3.06. The summed E-state index contributed by atoms with van der Waals surface area (Å²) in [7, 11) is 0. The number of anilines is 1. The number of carbonyl (C=O) groups is 2. The molecule has 3 rings (SSSR count). The van der Waals surface area contributed by atoms with Crippen LogP contribution in [0.25, 0.3) is 0 Å². The molecule has 2 fully saturated rings. The number of halogens is 1. The van der Waals surface area contributed by atoms with Crippen LogP contribution in [0.2, 0.25) is 0 Å². The van der Waals surface area contributed by atoms with Gasteiger partial charge in [0.2, 0.25) is 0 Å². The lowest BCUT2D eigenvalue weighted by molar-refractivity contribution is -0.124. The highest BCUT2D eigenvalue weighted by Crippen LogP contribution is 2.19. The van der Waals surface area contributed by atoms with Gasteiger partial charge in [0.15, 0.2) is 0 Å². The van der Waals surface area contributed by atoms with Gasteiger partial charge in [0.25, 0.3) is 5.91 Å². The van der Waals surface area contributed by atoms with Gasteiger partial charge in [-0.15, -0.1) is 0 Å². The molecule has 0 aromatic heterocycles. The summed E-state index contributed by atoms with van der Waals surface area (Å²) in [6.07, 6.45) is 1.46. The van der Waals surface area contributed by atoms with Crippen molar-refractivity contribution >= 4 is 17.6 Å². The quantitative estimate of drug-likeness (QED) is 0.714. The van der Waals surface area contributed by atoms with Gasteiger partial charge in [-0.05, 0) is 37.1 Å². The fourth-order valence-corrected chi connectivity index (χ4v) is 3.06. The molecule has 1 atom stereocenters. The number of carbonyl (C=O) groups excluding carboxylic acids is 2. The van der Waals surface area contributed by atoms with Gasteiger partial charge in [-0.2, -0.15) is 0 Å². The molecule has 0 saturated carbocycles. The van der Waals surface area contributed by atoms with E-state index in [2.05, 4.69) is 16.2 Å². The molecule has 2 aliphatic rings.